The number of hydrogen-bond donors (Lipinski definition) is 1. The Morgan fingerprint density at radius 2 is 2.12 bits per heavy atom. The van der Waals surface area contributed by atoms with Gasteiger partial charge in [-0.25, -0.2) is 0 Å². The number of hydrogen-bond acceptors (Lipinski definition) is 3. The lowest BCUT2D eigenvalue weighted by Gasteiger charge is -2.33. The van der Waals surface area contributed by atoms with Gasteiger partial charge in [0.2, 0.25) is 0 Å². The van der Waals surface area contributed by atoms with Gasteiger partial charge >= 0.3 is 0 Å². The van der Waals surface area contributed by atoms with Gasteiger partial charge in [-0.3, -0.25) is 4.90 Å². The Morgan fingerprint density at radius 3 is 2.69 bits per heavy atom. The molecule has 1 aromatic rings. The zero-order valence-electron chi connectivity index (χ0n) is 10.3. The summed E-state index contributed by atoms with van der Waals surface area (Å²) in [5.74, 6) is 2.16. The second-order valence-corrected chi connectivity index (χ2v) is 4.54. The van der Waals surface area contributed by atoms with Crippen molar-refractivity contribution in [1.29, 1.82) is 0 Å². The monoisotopic (exact) mass is 222 g/mol. The Bertz CT molecular complexity index is 315. The largest absolute Gasteiger partial charge is 0.465 e. The molecule has 0 unspecified atom stereocenters. The first-order chi connectivity index (χ1) is 7.81. The SMILES string of the molecule is CCC[C@@H](c1ccc(C)o1)N1CCNCC1. The van der Waals surface area contributed by atoms with Crippen molar-refractivity contribution in [3.05, 3.63) is 23.7 Å². The number of furan rings is 1. The molecule has 16 heavy (non-hydrogen) atoms. The van der Waals surface area contributed by atoms with Gasteiger partial charge in [-0.05, 0) is 25.5 Å². The molecule has 1 atom stereocenters. The van der Waals surface area contributed by atoms with Crippen LogP contribution in [-0.2, 0) is 0 Å². The first kappa shape index (κ1) is 11.7. The average molecular weight is 222 g/mol. The second kappa shape index (κ2) is 5.51. The predicted octanol–water partition coefficient (Wildman–Crippen LogP) is 2.33. The van der Waals surface area contributed by atoms with Gasteiger partial charge in [-0.15, -0.1) is 0 Å². The number of rotatable bonds is 4. The topological polar surface area (TPSA) is 28.4 Å². The summed E-state index contributed by atoms with van der Waals surface area (Å²) in [5, 5.41) is 3.40. The molecule has 2 heterocycles. The third-order valence-electron chi connectivity index (χ3n) is 3.24. The summed E-state index contributed by atoms with van der Waals surface area (Å²) < 4.78 is 5.79. The molecule has 0 amide bonds. The van der Waals surface area contributed by atoms with Crippen molar-refractivity contribution in [1.82, 2.24) is 10.2 Å². The minimum Gasteiger partial charge on any atom is -0.465 e. The Morgan fingerprint density at radius 1 is 1.38 bits per heavy atom. The number of aryl methyl sites for hydroxylation is 1. The Labute approximate surface area is 97.8 Å². The highest BCUT2D eigenvalue weighted by atomic mass is 16.3. The second-order valence-electron chi connectivity index (χ2n) is 4.54. The summed E-state index contributed by atoms with van der Waals surface area (Å²) in [6.07, 6.45) is 2.39. The zero-order chi connectivity index (χ0) is 11.4. The van der Waals surface area contributed by atoms with E-state index in [9.17, 15) is 0 Å². The van der Waals surface area contributed by atoms with Crippen molar-refractivity contribution in [3.63, 3.8) is 0 Å². The van der Waals surface area contributed by atoms with Crippen molar-refractivity contribution in [2.75, 3.05) is 26.2 Å². The van der Waals surface area contributed by atoms with Crippen LogP contribution >= 0.6 is 0 Å². The molecule has 2 rings (SSSR count). The highest BCUT2D eigenvalue weighted by Gasteiger charge is 2.23. The fourth-order valence-electron chi connectivity index (χ4n) is 2.40. The molecule has 1 saturated heterocycles. The number of piperazine rings is 1. The van der Waals surface area contributed by atoms with Crippen LogP contribution in [0, 0.1) is 6.92 Å². The number of nitrogens with one attached hydrogen (secondary N) is 1. The van der Waals surface area contributed by atoms with Crippen molar-refractivity contribution in [3.8, 4) is 0 Å². The highest BCUT2D eigenvalue weighted by Crippen LogP contribution is 2.27. The van der Waals surface area contributed by atoms with E-state index in [0.717, 1.165) is 37.7 Å². The Hall–Kier alpha value is -0.800. The molecule has 1 aliphatic heterocycles. The lowest BCUT2D eigenvalue weighted by atomic mass is 10.1. The van der Waals surface area contributed by atoms with Crippen LogP contribution in [-0.4, -0.2) is 31.1 Å². The van der Waals surface area contributed by atoms with E-state index < -0.39 is 0 Å². The van der Waals surface area contributed by atoms with Crippen LogP contribution in [0.4, 0.5) is 0 Å². The van der Waals surface area contributed by atoms with E-state index in [1.807, 2.05) is 6.92 Å². The normalized spacial score (nSPS) is 19.9. The van der Waals surface area contributed by atoms with E-state index in [-0.39, 0.29) is 0 Å². The van der Waals surface area contributed by atoms with Crippen LogP contribution in [0.2, 0.25) is 0 Å². The molecule has 0 aliphatic carbocycles. The van der Waals surface area contributed by atoms with E-state index in [2.05, 4.69) is 29.3 Å². The summed E-state index contributed by atoms with van der Waals surface area (Å²) in [7, 11) is 0. The summed E-state index contributed by atoms with van der Waals surface area (Å²) >= 11 is 0. The molecule has 0 bridgehead atoms. The maximum atomic E-state index is 5.79. The standard InChI is InChI=1S/C13H22N2O/c1-3-4-12(13-6-5-11(2)16-13)15-9-7-14-8-10-15/h5-6,12,14H,3-4,7-10H2,1-2H3/t12-/m0/s1. The van der Waals surface area contributed by atoms with Crippen LogP contribution in [0.25, 0.3) is 0 Å². The van der Waals surface area contributed by atoms with Gasteiger partial charge in [0.15, 0.2) is 0 Å². The molecule has 1 fully saturated rings. The van der Waals surface area contributed by atoms with Gasteiger partial charge in [0, 0.05) is 26.2 Å². The molecule has 1 aliphatic rings. The third kappa shape index (κ3) is 2.66. The van der Waals surface area contributed by atoms with E-state index >= 15 is 0 Å². The smallest absolute Gasteiger partial charge is 0.121 e. The van der Waals surface area contributed by atoms with Crippen LogP contribution < -0.4 is 5.32 Å². The fraction of sp³-hybridized carbons (Fsp3) is 0.692. The van der Waals surface area contributed by atoms with Crippen molar-refractivity contribution in [2.45, 2.75) is 32.7 Å². The minimum atomic E-state index is 0.473. The predicted molar refractivity (Wildman–Crippen MR) is 65.5 cm³/mol. The van der Waals surface area contributed by atoms with Crippen molar-refractivity contribution < 1.29 is 4.42 Å². The fourth-order valence-corrected chi connectivity index (χ4v) is 2.40. The van der Waals surface area contributed by atoms with Crippen LogP contribution in [0.5, 0.6) is 0 Å². The third-order valence-corrected chi connectivity index (χ3v) is 3.24. The summed E-state index contributed by atoms with van der Waals surface area (Å²) in [6, 6.07) is 4.68. The molecule has 0 aromatic carbocycles. The summed E-state index contributed by atoms with van der Waals surface area (Å²) in [5.41, 5.74) is 0. The van der Waals surface area contributed by atoms with E-state index in [1.54, 1.807) is 0 Å². The summed E-state index contributed by atoms with van der Waals surface area (Å²) in [4.78, 5) is 2.54. The minimum absolute atomic E-state index is 0.473. The lowest BCUT2D eigenvalue weighted by molar-refractivity contribution is 0.145. The average Bonchev–Trinajstić information content (AvgIpc) is 2.74. The van der Waals surface area contributed by atoms with E-state index in [4.69, 9.17) is 4.42 Å². The zero-order valence-corrected chi connectivity index (χ0v) is 10.3. The van der Waals surface area contributed by atoms with Crippen molar-refractivity contribution >= 4 is 0 Å². The maximum absolute atomic E-state index is 5.79. The highest BCUT2D eigenvalue weighted by molar-refractivity contribution is 5.10. The van der Waals surface area contributed by atoms with E-state index in [1.165, 1.54) is 12.8 Å². The van der Waals surface area contributed by atoms with Gasteiger partial charge in [-0.1, -0.05) is 13.3 Å². The molecule has 90 valence electrons. The molecular formula is C13H22N2O. The Balaban J connectivity index is 2.09. The first-order valence-electron chi connectivity index (χ1n) is 6.32. The quantitative estimate of drug-likeness (QED) is 0.847. The Kier molecular flexibility index (Phi) is 4.02. The van der Waals surface area contributed by atoms with Gasteiger partial charge in [0.25, 0.3) is 0 Å². The lowest BCUT2D eigenvalue weighted by Crippen LogP contribution is -2.45. The first-order valence-corrected chi connectivity index (χ1v) is 6.32. The van der Waals surface area contributed by atoms with Gasteiger partial charge < -0.3 is 9.73 Å². The van der Waals surface area contributed by atoms with Crippen LogP contribution in [0.3, 0.4) is 0 Å². The summed E-state index contributed by atoms with van der Waals surface area (Å²) in [6.45, 7) is 8.71. The van der Waals surface area contributed by atoms with Gasteiger partial charge in [0.1, 0.15) is 11.5 Å². The van der Waals surface area contributed by atoms with E-state index in [0.29, 0.717) is 6.04 Å². The van der Waals surface area contributed by atoms with Crippen LogP contribution in [0.15, 0.2) is 16.5 Å². The van der Waals surface area contributed by atoms with Gasteiger partial charge in [-0.2, -0.15) is 0 Å². The van der Waals surface area contributed by atoms with Gasteiger partial charge in [0.05, 0.1) is 6.04 Å². The molecular weight excluding hydrogens is 200 g/mol. The molecule has 0 spiro atoms. The number of nitrogens with zero attached hydrogens (tertiary/aromatic N) is 1. The molecule has 1 N–H and O–H groups in total. The molecule has 3 nitrogen and oxygen atoms in total. The molecule has 1 aromatic heterocycles. The maximum Gasteiger partial charge on any atom is 0.121 e. The van der Waals surface area contributed by atoms with Crippen molar-refractivity contribution in [2.24, 2.45) is 0 Å². The molecule has 0 saturated carbocycles. The molecule has 3 heteroatoms. The molecule has 0 radical (unpaired) electrons. The van der Waals surface area contributed by atoms with Crippen LogP contribution in [0.1, 0.15) is 37.3 Å².